The number of hydrogen-bond acceptors (Lipinski definition) is 4. The third-order valence-corrected chi connectivity index (χ3v) is 4.00. The fourth-order valence-electron chi connectivity index (χ4n) is 3.08. The van der Waals surface area contributed by atoms with Crippen LogP contribution in [-0.2, 0) is 4.74 Å². The minimum Gasteiger partial charge on any atom is -0.373 e. The summed E-state index contributed by atoms with van der Waals surface area (Å²) in [6, 6.07) is 3.35. The Bertz CT molecular complexity index is 449. The third kappa shape index (κ3) is 4.46. The molecule has 2 unspecified atom stereocenters. The molecule has 0 saturated carbocycles. The van der Waals surface area contributed by atoms with Gasteiger partial charge in [0.05, 0.1) is 30.1 Å². The summed E-state index contributed by atoms with van der Waals surface area (Å²) < 4.78 is 18.8. The summed E-state index contributed by atoms with van der Waals surface area (Å²) in [6.45, 7) is 10.1. The quantitative estimate of drug-likeness (QED) is 0.904. The maximum Gasteiger partial charge on any atom is 0.141 e. The maximum atomic E-state index is 13.0. The molecular weight excluding hydrogens is 269 g/mol. The molecule has 21 heavy (non-hydrogen) atoms. The Morgan fingerprint density at radius 2 is 2.24 bits per heavy atom. The van der Waals surface area contributed by atoms with E-state index in [1.165, 1.54) is 12.3 Å². The van der Waals surface area contributed by atoms with E-state index in [1.54, 1.807) is 6.07 Å². The Hall–Kier alpha value is -1.04. The molecule has 1 N–H and O–H groups in total. The molecule has 0 bridgehead atoms. The van der Waals surface area contributed by atoms with E-state index in [0.29, 0.717) is 5.92 Å². The molecule has 1 fully saturated rings. The van der Waals surface area contributed by atoms with Gasteiger partial charge in [0.15, 0.2) is 0 Å². The smallest absolute Gasteiger partial charge is 0.141 e. The number of rotatable bonds is 5. The second-order valence-corrected chi connectivity index (χ2v) is 6.49. The van der Waals surface area contributed by atoms with Gasteiger partial charge in [-0.05, 0) is 38.9 Å². The summed E-state index contributed by atoms with van der Waals surface area (Å²) in [7, 11) is 1.93. The summed E-state index contributed by atoms with van der Waals surface area (Å²) in [5.74, 6) is 0.0815. The fraction of sp³-hybridized carbons (Fsp3) is 0.688. The van der Waals surface area contributed by atoms with Crippen LogP contribution >= 0.6 is 0 Å². The van der Waals surface area contributed by atoms with Gasteiger partial charge < -0.3 is 10.1 Å². The Morgan fingerprint density at radius 3 is 2.81 bits per heavy atom. The SMILES string of the molecule is CNC(c1ccc(F)cn1)C(C)CN1CCOC(C)(C)C1. The van der Waals surface area contributed by atoms with Crippen LogP contribution in [0.3, 0.4) is 0 Å². The van der Waals surface area contributed by atoms with Crippen molar-refractivity contribution in [1.29, 1.82) is 0 Å². The average Bonchev–Trinajstić information content (AvgIpc) is 2.40. The second-order valence-electron chi connectivity index (χ2n) is 6.49. The van der Waals surface area contributed by atoms with E-state index in [1.807, 2.05) is 7.05 Å². The average molecular weight is 295 g/mol. The lowest BCUT2D eigenvalue weighted by atomic mass is 9.96. The van der Waals surface area contributed by atoms with Crippen LogP contribution in [0.4, 0.5) is 4.39 Å². The molecule has 118 valence electrons. The van der Waals surface area contributed by atoms with Crippen molar-refractivity contribution in [3.63, 3.8) is 0 Å². The fourth-order valence-corrected chi connectivity index (χ4v) is 3.08. The van der Waals surface area contributed by atoms with Crippen LogP contribution in [0.1, 0.15) is 32.5 Å². The van der Waals surface area contributed by atoms with Crippen LogP contribution < -0.4 is 5.32 Å². The van der Waals surface area contributed by atoms with Crippen LogP contribution in [0.2, 0.25) is 0 Å². The molecule has 1 aromatic rings. The van der Waals surface area contributed by atoms with E-state index in [4.69, 9.17) is 4.74 Å². The van der Waals surface area contributed by atoms with Gasteiger partial charge in [0.1, 0.15) is 5.82 Å². The molecule has 2 rings (SSSR count). The van der Waals surface area contributed by atoms with Crippen molar-refractivity contribution in [3.05, 3.63) is 29.8 Å². The molecule has 5 heteroatoms. The first kappa shape index (κ1) is 16.3. The molecule has 0 radical (unpaired) electrons. The molecule has 1 aliphatic rings. The van der Waals surface area contributed by atoms with Crippen LogP contribution in [0.25, 0.3) is 0 Å². The van der Waals surface area contributed by atoms with Crippen molar-refractivity contribution in [1.82, 2.24) is 15.2 Å². The molecule has 4 nitrogen and oxygen atoms in total. The number of halogens is 1. The lowest BCUT2D eigenvalue weighted by molar-refractivity contribution is -0.0893. The second kappa shape index (κ2) is 6.81. The number of aromatic nitrogens is 1. The Kier molecular flexibility index (Phi) is 5.30. The van der Waals surface area contributed by atoms with Crippen molar-refractivity contribution in [2.45, 2.75) is 32.4 Å². The summed E-state index contributed by atoms with van der Waals surface area (Å²) >= 11 is 0. The van der Waals surface area contributed by atoms with Gasteiger partial charge in [0.25, 0.3) is 0 Å². The third-order valence-electron chi connectivity index (χ3n) is 4.00. The number of hydrogen-bond donors (Lipinski definition) is 1. The predicted octanol–water partition coefficient (Wildman–Crippen LogP) is 2.23. The number of ether oxygens (including phenoxy) is 1. The van der Waals surface area contributed by atoms with E-state index in [-0.39, 0.29) is 17.5 Å². The minimum atomic E-state index is -0.295. The highest BCUT2D eigenvalue weighted by Gasteiger charge is 2.29. The Balaban J connectivity index is 2.00. The maximum absolute atomic E-state index is 13.0. The van der Waals surface area contributed by atoms with E-state index in [0.717, 1.165) is 31.9 Å². The van der Waals surface area contributed by atoms with Crippen molar-refractivity contribution >= 4 is 0 Å². The van der Waals surface area contributed by atoms with Gasteiger partial charge in [-0.25, -0.2) is 4.39 Å². The Labute approximate surface area is 126 Å². The zero-order valence-corrected chi connectivity index (χ0v) is 13.4. The Morgan fingerprint density at radius 1 is 1.48 bits per heavy atom. The summed E-state index contributed by atoms with van der Waals surface area (Å²) in [5, 5.41) is 3.31. The molecule has 0 aliphatic carbocycles. The molecule has 0 amide bonds. The first-order valence-corrected chi connectivity index (χ1v) is 7.56. The topological polar surface area (TPSA) is 37.4 Å². The van der Waals surface area contributed by atoms with Crippen LogP contribution in [0.5, 0.6) is 0 Å². The van der Waals surface area contributed by atoms with E-state index in [9.17, 15) is 4.39 Å². The van der Waals surface area contributed by atoms with Crippen LogP contribution in [-0.4, -0.2) is 48.8 Å². The predicted molar refractivity (Wildman–Crippen MR) is 81.6 cm³/mol. The van der Waals surface area contributed by atoms with Gasteiger partial charge in [-0.15, -0.1) is 0 Å². The molecule has 1 aliphatic heterocycles. The minimum absolute atomic E-state index is 0.0821. The molecule has 0 aromatic carbocycles. The van der Waals surface area contributed by atoms with Gasteiger partial charge in [-0.1, -0.05) is 6.92 Å². The monoisotopic (exact) mass is 295 g/mol. The van der Waals surface area contributed by atoms with Gasteiger partial charge >= 0.3 is 0 Å². The molecular formula is C16H26FN3O. The van der Waals surface area contributed by atoms with Gasteiger partial charge in [-0.2, -0.15) is 0 Å². The van der Waals surface area contributed by atoms with Gasteiger partial charge in [0.2, 0.25) is 0 Å². The summed E-state index contributed by atoms with van der Waals surface area (Å²) in [6.07, 6.45) is 1.28. The largest absolute Gasteiger partial charge is 0.373 e. The van der Waals surface area contributed by atoms with E-state index >= 15 is 0 Å². The zero-order valence-electron chi connectivity index (χ0n) is 13.4. The van der Waals surface area contributed by atoms with Gasteiger partial charge in [0, 0.05) is 19.6 Å². The highest BCUT2D eigenvalue weighted by Crippen LogP contribution is 2.23. The van der Waals surface area contributed by atoms with Crippen molar-refractivity contribution in [2.24, 2.45) is 5.92 Å². The molecule has 2 atom stereocenters. The molecule has 1 aromatic heterocycles. The van der Waals surface area contributed by atoms with Crippen LogP contribution in [0, 0.1) is 11.7 Å². The summed E-state index contributed by atoms with van der Waals surface area (Å²) in [5.41, 5.74) is 0.806. The van der Waals surface area contributed by atoms with Crippen LogP contribution in [0.15, 0.2) is 18.3 Å². The van der Waals surface area contributed by atoms with E-state index < -0.39 is 0 Å². The molecule has 0 spiro atoms. The highest BCUT2D eigenvalue weighted by atomic mass is 19.1. The number of nitrogens with one attached hydrogen (secondary N) is 1. The van der Waals surface area contributed by atoms with Gasteiger partial charge in [-0.3, -0.25) is 9.88 Å². The van der Waals surface area contributed by atoms with Crippen molar-refractivity contribution in [2.75, 3.05) is 33.3 Å². The van der Waals surface area contributed by atoms with E-state index in [2.05, 4.69) is 36.0 Å². The highest BCUT2D eigenvalue weighted by molar-refractivity contribution is 5.11. The lowest BCUT2D eigenvalue weighted by Gasteiger charge is -2.40. The number of morpholine rings is 1. The van der Waals surface area contributed by atoms with Crippen molar-refractivity contribution in [3.8, 4) is 0 Å². The standard InChI is InChI=1S/C16H26FN3O/c1-12(10-20-7-8-21-16(2,3)11-20)15(18-4)14-6-5-13(17)9-19-14/h5-6,9,12,15,18H,7-8,10-11H2,1-4H3. The normalized spacial score (nSPS) is 22.0. The molecule has 1 saturated heterocycles. The molecule has 2 heterocycles. The first-order valence-electron chi connectivity index (χ1n) is 7.56. The summed E-state index contributed by atoms with van der Waals surface area (Å²) in [4.78, 5) is 6.64. The lowest BCUT2D eigenvalue weighted by Crippen LogP contribution is -2.50. The number of pyridine rings is 1. The first-order chi connectivity index (χ1) is 9.91. The zero-order chi connectivity index (χ0) is 15.5. The van der Waals surface area contributed by atoms with Crippen molar-refractivity contribution < 1.29 is 9.13 Å². The number of nitrogens with zero attached hydrogens (tertiary/aromatic N) is 2.